The van der Waals surface area contributed by atoms with Crippen molar-refractivity contribution in [3.63, 3.8) is 0 Å². The Morgan fingerprint density at radius 3 is 2.47 bits per heavy atom. The Bertz CT molecular complexity index is 413. The first-order valence-electron chi connectivity index (χ1n) is 5.27. The van der Waals surface area contributed by atoms with E-state index in [9.17, 15) is 18.0 Å². The third kappa shape index (κ3) is 4.09. The SMILES string of the molecule is CCC(=O)NCc1cc(C)cc(C(F)(F)F)c1. The molecule has 2 nitrogen and oxygen atoms in total. The molecular formula is C12H14F3NO. The Morgan fingerprint density at radius 1 is 1.29 bits per heavy atom. The molecule has 0 radical (unpaired) electrons. The van der Waals surface area contributed by atoms with Gasteiger partial charge in [0.1, 0.15) is 0 Å². The van der Waals surface area contributed by atoms with Crippen LogP contribution in [-0.4, -0.2) is 5.91 Å². The second-order valence-corrected chi connectivity index (χ2v) is 3.84. The standard InChI is InChI=1S/C12H14F3NO/c1-3-11(17)16-7-9-4-8(2)5-10(6-9)12(13,14)15/h4-6H,3,7H2,1-2H3,(H,16,17). The van der Waals surface area contributed by atoms with E-state index in [1.807, 2.05) is 0 Å². The first-order valence-corrected chi connectivity index (χ1v) is 5.27. The van der Waals surface area contributed by atoms with E-state index in [0.29, 0.717) is 17.5 Å². The predicted octanol–water partition coefficient (Wildman–Crippen LogP) is 3.04. The summed E-state index contributed by atoms with van der Waals surface area (Å²) in [6.45, 7) is 3.41. The summed E-state index contributed by atoms with van der Waals surface area (Å²) in [5.41, 5.74) is 0.304. The van der Waals surface area contributed by atoms with Gasteiger partial charge in [0.25, 0.3) is 0 Å². The van der Waals surface area contributed by atoms with E-state index < -0.39 is 11.7 Å². The van der Waals surface area contributed by atoms with Crippen molar-refractivity contribution in [1.82, 2.24) is 5.32 Å². The maximum absolute atomic E-state index is 12.5. The summed E-state index contributed by atoms with van der Waals surface area (Å²) in [5.74, 6) is -0.180. The van der Waals surface area contributed by atoms with Gasteiger partial charge in [0.05, 0.1) is 5.56 Å². The number of hydrogen-bond donors (Lipinski definition) is 1. The van der Waals surface area contributed by atoms with Crippen molar-refractivity contribution in [3.05, 3.63) is 34.9 Å². The molecule has 0 unspecified atom stereocenters. The molecule has 0 spiro atoms. The highest BCUT2D eigenvalue weighted by Gasteiger charge is 2.30. The summed E-state index contributed by atoms with van der Waals surface area (Å²) < 4.78 is 37.6. The molecule has 0 heterocycles. The molecule has 5 heteroatoms. The highest BCUT2D eigenvalue weighted by Crippen LogP contribution is 2.30. The van der Waals surface area contributed by atoms with Crippen LogP contribution in [0.1, 0.15) is 30.0 Å². The summed E-state index contributed by atoms with van der Waals surface area (Å²) >= 11 is 0. The molecule has 17 heavy (non-hydrogen) atoms. The average Bonchev–Trinajstić information content (AvgIpc) is 2.24. The maximum atomic E-state index is 12.5. The molecule has 0 saturated carbocycles. The number of hydrogen-bond acceptors (Lipinski definition) is 1. The zero-order valence-electron chi connectivity index (χ0n) is 9.69. The molecule has 0 aliphatic rings. The largest absolute Gasteiger partial charge is 0.416 e. The molecule has 0 bridgehead atoms. The second kappa shape index (κ2) is 5.21. The lowest BCUT2D eigenvalue weighted by atomic mass is 10.1. The Hall–Kier alpha value is -1.52. The lowest BCUT2D eigenvalue weighted by Gasteiger charge is -2.11. The third-order valence-electron chi connectivity index (χ3n) is 2.28. The van der Waals surface area contributed by atoms with Crippen LogP contribution in [-0.2, 0) is 17.5 Å². The van der Waals surface area contributed by atoms with E-state index in [1.165, 1.54) is 0 Å². The van der Waals surface area contributed by atoms with E-state index in [1.54, 1.807) is 19.9 Å². The van der Waals surface area contributed by atoms with Gasteiger partial charge in [-0.25, -0.2) is 0 Å². The van der Waals surface area contributed by atoms with Gasteiger partial charge in [-0.05, 0) is 24.6 Å². The molecule has 1 aromatic rings. The highest BCUT2D eigenvalue weighted by molar-refractivity contribution is 5.75. The van der Waals surface area contributed by atoms with Crippen LogP contribution in [0.3, 0.4) is 0 Å². The molecule has 0 aromatic heterocycles. The topological polar surface area (TPSA) is 29.1 Å². The van der Waals surface area contributed by atoms with Gasteiger partial charge in [0.15, 0.2) is 0 Å². The van der Waals surface area contributed by atoms with Gasteiger partial charge in [-0.1, -0.05) is 18.6 Å². The average molecular weight is 245 g/mol. The quantitative estimate of drug-likeness (QED) is 0.871. The smallest absolute Gasteiger partial charge is 0.352 e. The lowest BCUT2D eigenvalue weighted by molar-refractivity contribution is -0.137. The first-order chi connectivity index (χ1) is 7.82. The monoisotopic (exact) mass is 245 g/mol. The van der Waals surface area contributed by atoms with Gasteiger partial charge in [0.2, 0.25) is 5.91 Å². The van der Waals surface area contributed by atoms with Crippen LogP contribution >= 0.6 is 0 Å². The summed E-state index contributed by atoms with van der Waals surface area (Å²) in [6, 6.07) is 3.78. The number of benzene rings is 1. The fraction of sp³-hybridized carbons (Fsp3) is 0.417. The van der Waals surface area contributed by atoms with E-state index in [-0.39, 0.29) is 12.5 Å². The Labute approximate surface area is 97.8 Å². The molecule has 0 aliphatic heterocycles. The van der Waals surface area contributed by atoms with E-state index in [4.69, 9.17) is 0 Å². The van der Waals surface area contributed by atoms with Crippen LogP contribution in [0.4, 0.5) is 13.2 Å². The molecule has 0 aliphatic carbocycles. The van der Waals surface area contributed by atoms with Gasteiger partial charge in [-0.2, -0.15) is 13.2 Å². The fourth-order valence-electron chi connectivity index (χ4n) is 1.45. The van der Waals surface area contributed by atoms with Crippen molar-refractivity contribution >= 4 is 5.91 Å². The first kappa shape index (κ1) is 13.5. The number of rotatable bonds is 3. The molecule has 1 amide bonds. The molecule has 0 saturated heterocycles. The Morgan fingerprint density at radius 2 is 1.94 bits per heavy atom. The number of alkyl halides is 3. The van der Waals surface area contributed by atoms with Gasteiger partial charge < -0.3 is 5.32 Å². The zero-order chi connectivity index (χ0) is 13.1. The van der Waals surface area contributed by atoms with E-state index in [2.05, 4.69) is 5.32 Å². The van der Waals surface area contributed by atoms with Crippen molar-refractivity contribution in [2.24, 2.45) is 0 Å². The van der Waals surface area contributed by atoms with Crippen molar-refractivity contribution in [1.29, 1.82) is 0 Å². The van der Waals surface area contributed by atoms with Gasteiger partial charge in [-0.15, -0.1) is 0 Å². The third-order valence-corrected chi connectivity index (χ3v) is 2.28. The zero-order valence-corrected chi connectivity index (χ0v) is 9.69. The Kier molecular flexibility index (Phi) is 4.15. The van der Waals surface area contributed by atoms with Gasteiger partial charge >= 0.3 is 6.18 Å². The fourth-order valence-corrected chi connectivity index (χ4v) is 1.45. The minimum atomic E-state index is -4.35. The van der Waals surface area contributed by atoms with Crippen LogP contribution < -0.4 is 5.32 Å². The summed E-state index contributed by atoms with van der Waals surface area (Å²) in [5, 5.41) is 2.55. The summed E-state index contributed by atoms with van der Waals surface area (Å²) in [6.07, 6.45) is -4.03. The molecule has 1 aromatic carbocycles. The number of carbonyl (C=O) groups is 1. The molecular weight excluding hydrogens is 231 g/mol. The highest BCUT2D eigenvalue weighted by atomic mass is 19.4. The van der Waals surface area contributed by atoms with Crippen molar-refractivity contribution in [2.45, 2.75) is 33.0 Å². The van der Waals surface area contributed by atoms with E-state index >= 15 is 0 Å². The number of nitrogens with one attached hydrogen (secondary N) is 1. The normalized spacial score (nSPS) is 11.4. The van der Waals surface area contributed by atoms with Gasteiger partial charge in [0, 0.05) is 13.0 Å². The van der Waals surface area contributed by atoms with Crippen LogP contribution in [0.25, 0.3) is 0 Å². The minimum Gasteiger partial charge on any atom is -0.352 e. The van der Waals surface area contributed by atoms with Crippen molar-refractivity contribution < 1.29 is 18.0 Å². The predicted molar refractivity (Wildman–Crippen MR) is 58.3 cm³/mol. The van der Waals surface area contributed by atoms with Crippen molar-refractivity contribution in [2.75, 3.05) is 0 Å². The van der Waals surface area contributed by atoms with Gasteiger partial charge in [-0.3, -0.25) is 4.79 Å². The molecule has 1 N–H and O–H groups in total. The van der Waals surface area contributed by atoms with Crippen molar-refractivity contribution in [3.8, 4) is 0 Å². The van der Waals surface area contributed by atoms with Crippen LogP contribution in [0.15, 0.2) is 18.2 Å². The van der Waals surface area contributed by atoms with Crippen LogP contribution in [0.2, 0.25) is 0 Å². The second-order valence-electron chi connectivity index (χ2n) is 3.84. The number of halogens is 3. The molecule has 94 valence electrons. The number of amides is 1. The Balaban J connectivity index is 2.87. The number of aryl methyl sites for hydroxylation is 1. The summed E-state index contributed by atoms with van der Waals surface area (Å²) in [4.78, 5) is 11.0. The lowest BCUT2D eigenvalue weighted by Crippen LogP contribution is -2.21. The molecule has 0 fully saturated rings. The molecule has 1 rings (SSSR count). The van der Waals surface area contributed by atoms with Crippen LogP contribution in [0, 0.1) is 6.92 Å². The minimum absolute atomic E-state index is 0.122. The number of carbonyl (C=O) groups excluding carboxylic acids is 1. The molecule has 0 atom stereocenters. The van der Waals surface area contributed by atoms with E-state index in [0.717, 1.165) is 12.1 Å². The van der Waals surface area contributed by atoms with Crippen LogP contribution in [0.5, 0.6) is 0 Å². The summed E-state index contributed by atoms with van der Waals surface area (Å²) in [7, 11) is 0. The maximum Gasteiger partial charge on any atom is 0.416 e.